The van der Waals surface area contributed by atoms with Gasteiger partial charge in [-0.2, -0.15) is 0 Å². The van der Waals surface area contributed by atoms with Gasteiger partial charge in [-0.05, 0) is 25.1 Å². The summed E-state index contributed by atoms with van der Waals surface area (Å²) in [6, 6.07) is 9.68. The molecule has 0 fully saturated rings. The third-order valence-corrected chi connectivity index (χ3v) is 2.88. The lowest BCUT2D eigenvalue weighted by molar-refractivity contribution is 0.660. The van der Waals surface area contributed by atoms with E-state index in [-0.39, 0.29) is 18.4 Å². The van der Waals surface area contributed by atoms with Crippen LogP contribution in [0.5, 0.6) is 0 Å². The second kappa shape index (κ2) is 6.17. The van der Waals surface area contributed by atoms with E-state index in [0.29, 0.717) is 18.1 Å². The average molecular weight is 272 g/mol. The molecule has 2 rings (SSSR count). The predicted molar refractivity (Wildman–Crippen MR) is 74.6 cm³/mol. The second-order valence-electron chi connectivity index (χ2n) is 3.74. The lowest BCUT2D eigenvalue weighted by Gasteiger charge is -2.12. The molecule has 0 aliphatic carbocycles. The summed E-state index contributed by atoms with van der Waals surface area (Å²) in [5, 5.41) is 1.52. The molecule has 2 aromatic rings. The standard InChI is InChI=1S/C12H14ClN3.ClH/c13-12-9(10(15)5-6-14)7-8-3-1-2-4-11(8)16-12;/h1-4,7,10H,5-6,14-15H2;1H/t10-;/m0./s1. The highest BCUT2D eigenvalue weighted by Gasteiger charge is 2.11. The maximum absolute atomic E-state index is 6.10. The number of rotatable bonds is 3. The second-order valence-corrected chi connectivity index (χ2v) is 4.10. The molecule has 0 aliphatic rings. The summed E-state index contributed by atoms with van der Waals surface area (Å²) in [5.41, 5.74) is 13.2. The zero-order valence-corrected chi connectivity index (χ0v) is 10.8. The SMILES string of the molecule is Cl.NCC[C@H](N)c1cc2ccccc2nc1Cl. The lowest BCUT2D eigenvalue weighted by atomic mass is 10.0. The molecular formula is C12H15Cl2N3. The molecular weight excluding hydrogens is 257 g/mol. The van der Waals surface area contributed by atoms with Crippen molar-refractivity contribution in [3.05, 3.63) is 41.0 Å². The van der Waals surface area contributed by atoms with Gasteiger partial charge in [0, 0.05) is 17.0 Å². The first-order chi connectivity index (χ1) is 7.72. The molecule has 0 unspecified atom stereocenters. The van der Waals surface area contributed by atoms with E-state index in [4.69, 9.17) is 23.1 Å². The molecule has 3 nitrogen and oxygen atoms in total. The molecule has 1 atom stereocenters. The highest BCUT2D eigenvalue weighted by atomic mass is 35.5. The van der Waals surface area contributed by atoms with Gasteiger partial charge in [0.1, 0.15) is 5.15 Å². The molecule has 1 heterocycles. The third kappa shape index (κ3) is 3.07. The summed E-state index contributed by atoms with van der Waals surface area (Å²) in [6.45, 7) is 0.546. The topological polar surface area (TPSA) is 64.9 Å². The van der Waals surface area contributed by atoms with E-state index in [2.05, 4.69) is 4.98 Å². The molecule has 0 amide bonds. The van der Waals surface area contributed by atoms with Crippen molar-refractivity contribution >= 4 is 34.9 Å². The highest BCUT2D eigenvalue weighted by molar-refractivity contribution is 6.30. The summed E-state index contributed by atoms with van der Waals surface area (Å²) in [5.74, 6) is 0. The first-order valence-electron chi connectivity index (χ1n) is 5.23. The minimum atomic E-state index is -0.144. The van der Waals surface area contributed by atoms with Gasteiger partial charge in [0.05, 0.1) is 5.52 Å². The van der Waals surface area contributed by atoms with Crippen LogP contribution >= 0.6 is 24.0 Å². The predicted octanol–water partition coefficient (Wildman–Crippen LogP) is 2.66. The number of hydrogen-bond donors (Lipinski definition) is 2. The number of halogens is 2. The molecule has 0 saturated carbocycles. The highest BCUT2D eigenvalue weighted by Crippen LogP contribution is 2.25. The monoisotopic (exact) mass is 271 g/mol. The Kier molecular flexibility index (Phi) is 5.15. The summed E-state index contributed by atoms with van der Waals surface area (Å²) in [4.78, 5) is 4.32. The van der Waals surface area contributed by atoms with Gasteiger partial charge in [-0.15, -0.1) is 12.4 Å². The number of nitrogens with two attached hydrogens (primary N) is 2. The molecule has 1 aromatic heterocycles. The van der Waals surface area contributed by atoms with Gasteiger partial charge >= 0.3 is 0 Å². The minimum Gasteiger partial charge on any atom is -0.330 e. The van der Waals surface area contributed by atoms with E-state index in [1.54, 1.807) is 0 Å². The van der Waals surface area contributed by atoms with Crippen LogP contribution < -0.4 is 11.5 Å². The quantitative estimate of drug-likeness (QED) is 0.844. The molecule has 17 heavy (non-hydrogen) atoms. The first kappa shape index (κ1) is 14.2. The zero-order valence-electron chi connectivity index (χ0n) is 9.27. The molecule has 4 N–H and O–H groups in total. The van der Waals surface area contributed by atoms with Crippen LogP contribution in [0.25, 0.3) is 10.9 Å². The van der Waals surface area contributed by atoms with Gasteiger partial charge in [0.15, 0.2) is 0 Å². The van der Waals surface area contributed by atoms with Crippen molar-refractivity contribution in [3.8, 4) is 0 Å². The Bertz CT molecular complexity index is 502. The lowest BCUT2D eigenvalue weighted by Crippen LogP contribution is -2.16. The van der Waals surface area contributed by atoms with Gasteiger partial charge in [0.2, 0.25) is 0 Å². The number of aromatic nitrogens is 1. The molecule has 0 aliphatic heterocycles. The molecule has 1 aromatic carbocycles. The van der Waals surface area contributed by atoms with Crippen LogP contribution in [0.1, 0.15) is 18.0 Å². The molecule has 92 valence electrons. The third-order valence-electron chi connectivity index (χ3n) is 2.58. The Morgan fingerprint density at radius 3 is 2.71 bits per heavy atom. The van der Waals surface area contributed by atoms with E-state index in [9.17, 15) is 0 Å². The summed E-state index contributed by atoms with van der Waals surface area (Å²) in [6.07, 6.45) is 0.708. The van der Waals surface area contributed by atoms with Gasteiger partial charge in [-0.25, -0.2) is 4.98 Å². The van der Waals surface area contributed by atoms with Crippen LogP contribution in [-0.2, 0) is 0 Å². The van der Waals surface area contributed by atoms with Gasteiger partial charge in [0.25, 0.3) is 0 Å². The number of para-hydroxylation sites is 1. The van der Waals surface area contributed by atoms with Crippen molar-refractivity contribution in [1.82, 2.24) is 4.98 Å². The number of fused-ring (bicyclic) bond motifs is 1. The van der Waals surface area contributed by atoms with Gasteiger partial charge < -0.3 is 11.5 Å². The van der Waals surface area contributed by atoms with Crippen LogP contribution in [0.3, 0.4) is 0 Å². The number of benzene rings is 1. The molecule has 0 bridgehead atoms. The van der Waals surface area contributed by atoms with Crippen LogP contribution in [0, 0.1) is 0 Å². The Morgan fingerprint density at radius 2 is 2.00 bits per heavy atom. The fraction of sp³-hybridized carbons (Fsp3) is 0.250. The van der Waals surface area contributed by atoms with Crippen LogP contribution in [0.15, 0.2) is 30.3 Å². The van der Waals surface area contributed by atoms with E-state index in [1.807, 2.05) is 30.3 Å². The van der Waals surface area contributed by atoms with Crippen molar-refractivity contribution in [1.29, 1.82) is 0 Å². The van der Waals surface area contributed by atoms with Crippen molar-refractivity contribution in [2.45, 2.75) is 12.5 Å². The van der Waals surface area contributed by atoms with Crippen LogP contribution in [-0.4, -0.2) is 11.5 Å². The Labute approximate surface area is 112 Å². The maximum Gasteiger partial charge on any atom is 0.134 e. The average Bonchev–Trinajstić information content (AvgIpc) is 2.28. The van der Waals surface area contributed by atoms with Crippen molar-refractivity contribution in [2.24, 2.45) is 11.5 Å². The Morgan fingerprint density at radius 1 is 1.29 bits per heavy atom. The zero-order chi connectivity index (χ0) is 11.5. The molecule has 0 spiro atoms. The molecule has 5 heteroatoms. The van der Waals surface area contributed by atoms with Crippen molar-refractivity contribution in [3.63, 3.8) is 0 Å². The molecule has 0 saturated heterocycles. The normalized spacial score (nSPS) is 12.2. The fourth-order valence-electron chi connectivity index (χ4n) is 1.70. The number of hydrogen-bond acceptors (Lipinski definition) is 3. The van der Waals surface area contributed by atoms with Crippen LogP contribution in [0.4, 0.5) is 0 Å². The van der Waals surface area contributed by atoms with Gasteiger partial charge in [-0.3, -0.25) is 0 Å². The Balaban J connectivity index is 0.00000144. The summed E-state index contributed by atoms with van der Waals surface area (Å²) < 4.78 is 0. The molecule has 0 radical (unpaired) electrons. The fourth-order valence-corrected chi connectivity index (χ4v) is 1.99. The maximum atomic E-state index is 6.10. The van der Waals surface area contributed by atoms with E-state index >= 15 is 0 Å². The Hall–Kier alpha value is -0.870. The van der Waals surface area contributed by atoms with Crippen LogP contribution in [0.2, 0.25) is 5.15 Å². The van der Waals surface area contributed by atoms with E-state index in [1.165, 1.54) is 0 Å². The summed E-state index contributed by atoms with van der Waals surface area (Å²) >= 11 is 6.10. The minimum absolute atomic E-state index is 0. The largest absolute Gasteiger partial charge is 0.330 e. The van der Waals surface area contributed by atoms with E-state index in [0.717, 1.165) is 16.5 Å². The summed E-state index contributed by atoms with van der Waals surface area (Å²) in [7, 11) is 0. The van der Waals surface area contributed by atoms with Crippen molar-refractivity contribution in [2.75, 3.05) is 6.54 Å². The smallest absolute Gasteiger partial charge is 0.134 e. The van der Waals surface area contributed by atoms with Gasteiger partial charge in [-0.1, -0.05) is 29.8 Å². The number of pyridine rings is 1. The number of nitrogens with zero attached hydrogens (tertiary/aromatic N) is 1. The van der Waals surface area contributed by atoms with E-state index < -0.39 is 0 Å². The first-order valence-corrected chi connectivity index (χ1v) is 5.61. The van der Waals surface area contributed by atoms with Crippen molar-refractivity contribution < 1.29 is 0 Å².